The summed E-state index contributed by atoms with van der Waals surface area (Å²) in [5, 5.41) is 0. The Morgan fingerprint density at radius 3 is 0.654 bits per heavy atom. The molecule has 2 aromatic rings. The minimum absolute atomic E-state index is 0.0969. The molecule has 0 amide bonds. The molecule has 0 saturated heterocycles. The van der Waals surface area contributed by atoms with E-state index in [0.717, 1.165) is 136 Å². The fraction of sp³-hybridized carbons (Fsp3) is 0.800. The van der Waals surface area contributed by atoms with Crippen LogP contribution in [-0.4, -0.2) is 61.2 Å². The van der Waals surface area contributed by atoms with Crippen LogP contribution in [0.15, 0.2) is 58.3 Å². The van der Waals surface area contributed by atoms with Gasteiger partial charge in [0.05, 0.1) is 0 Å². The Bertz CT molecular complexity index is 1570. The topological polar surface area (TPSA) is 52.6 Å². The summed E-state index contributed by atoms with van der Waals surface area (Å²) in [5.41, 5.74) is 1.37. The van der Waals surface area contributed by atoms with Crippen molar-refractivity contribution in [3.05, 3.63) is 59.7 Å². The van der Waals surface area contributed by atoms with Gasteiger partial charge in [-0.3, -0.25) is 0 Å². The number of benzene rings is 2. The van der Waals surface area contributed by atoms with Crippen molar-refractivity contribution in [2.24, 2.45) is 0 Å². The van der Waals surface area contributed by atoms with E-state index in [1.807, 2.05) is 24.3 Å². The van der Waals surface area contributed by atoms with E-state index in [1.54, 1.807) is 21.6 Å². The molecule has 454 valence electrons. The molecule has 0 N–H and O–H groups in total. The van der Waals surface area contributed by atoms with E-state index in [-0.39, 0.29) is 11.9 Å². The predicted molar refractivity (Wildman–Crippen MR) is 358 cm³/mol. The third-order valence-corrected chi connectivity index (χ3v) is 33.1. The second-order valence-corrected chi connectivity index (χ2v) is 38.4. The molecule has 0 heterocycles. The Hall–Kier alpha value is -1.06. The van der Waals surface area contributed by atoms with Crippen molar-refractivity contribution in [1.82, 2.24) is 0 Å². The van der Waals surface area contributed by atoms with Gasteiger partial charge in [0, 0.05) is 0 Å². The quantitative estimate of drug-likeness (QED) is 0.0374. The number of unbranched alkanes of at least 4 members (excludes halogenated alkanes) is 32. The number of carbonyl (C=O) groups is 2. The summed E-state index contributed by atoms with van der Waals surface area (Å²) in [5.74, 6) is -0.194. The second kappa shape index (κ2) is 45.4. The van der Waals surface area contributed by atoms with Crippen molar-refractivity contribution < 1.29 is 18.6 Å². The summed E-state index contributed by atoms with van der Waals surface area (Å²) < 4.78 is 14.5. The molecule has 4 nitrogen and oxygen atoms in total. The van der Waals surface area contributed by atoms with Crippen molar-refractivity contribution in [2.75, 3.05) is 49.3 Å². The maximum absolute atomic E-state index is 14.5. The van der Waals surface area contributed by atoms with Gasteiger partial charge in [-0.25, -0.2) is 0 Å². The molecule has 0 bridgehead atoms. The summed E-state index contributed by atoms with van der Waals surface area (Å²) >= 11 is 0. The minimum atomic E-state index is -2.80. The number of carbonyl (C=O) groups excluding carboxylic acids is 2. The van der Waals surface area contributed by atoms with E-state index in [4.69, 9.17) is 9.05 Å². The van der Waals surface area contributed by atoms with E-state index < -0.39 is 13.7 Å². The average Bonchev–Trinajstić information content (AvgIpc) is 3.50. The van der Waals surface area contributed by atoms with Crippen molar-refractivity contribution in [3.8, 4) is 0 Å². The zero-order chi connectivity index (χ0) is 56.8. The van der Waals surface area contributed by atoms with Crippen molar-refractivity contribution >= 4 is 47.2 Å². The summed E-state index contributed by atoms with van der Waals surface area (Å²) in [4.78, 5) is 31.1. The third kappa shape index (κ3) is 30.5. The van der Waals surface area contributed by atoms with E-state index in [2.05, 4.69) is 79.7 Å². The normalized spacial score (nSPS) is 13.0. The van der Waals surface area contributed by atoms with Crippen LogP contribution < -0.4 is 0 Å². The second-order valence-electron chi connectivity index (χ2n) is 24.8. The molecule has 0 fully saturated rings. The van der Waals surface area contributed by atoms with Crippen molar-refractivity contribution in [3.63, 3.8) is 0 Å². The van der Waals surface area contributed by atoms with Gasteiger partial charge < -0.3 is 0 Å². The van der Waals surface area contributed by atoms with Crippen LogP contribution in [0.25, 0.3) is 0 Å². The fourth-order valence-corrected chi connectivity index (χ4v) is 27.7. The van der Waals surface area contributed by atoms with Crippen LogP contribution in [0.1, 0.15) is 333 Å². The molecule has 2 aromatic carbocycles. The first-order chi connectivity index (χ1) is 38.0. The molecule has 0 aliphatic rings. The molecule has 0 aliphatic carbocycles. The zero-order valence-electron chi connectivity index (χ0n) is 52.9. The summed E-state index contributed by atoms with van der Waals surface area (Å²) in [6.07, 6.45) is 60.6. The van der Waals surface area contributed by atoms with Crippen LogP contribution in [0, 0.1) is 0 Å². The molecule has 0 saturated carbocycles. The van der Waals surface area contributed by atoms with Crippen LogP contribution in [0.3, 0.4) is 0 Å². The third-order valence-electron chi connectivity index (χ3n) is 17.7. The van der Waals surface area contributed by atoms with Crippen LogP contribution in [-0.2, 0) is 9.05 Å². The standard InChI is InChI=1S/C70H128O4P2S2/c1-9-17-25-27-29-31-33-35-37-39-41-43-45-47-63-75(57-19-11-3,58-20-12-4,59-21-13-5)73-69(71)65-49-53-67(54-50-65)77-78-68-55-51-66(52-56-68)70(72)74-76(60-22-14-6,61-23-15-7,62-24-16-8)64-48-46-44-42-40-38-36-34-32-30-28-26-18-10-2/h49-56H,9-48,57-64H2,1-8H3. The van der Waals surface area contributed by atoms with Gasteiger partial charge >= 0.3 is 444 Å². The fourth-order valence-electron chi connectivity index (χ4n) is 12.4. The van der Waals surface area contributed by atoms with Gasteiger partial charge in [-0.15, -0.1) is 0 Å². The Morgan fingerprint density at radius 1 is 0.269 bits per heavy atom. The van der Waals surface area contributed by atoms with Crippen LogP contribution >= 0.6 is 35.2 Å². The monoisotopic (exact) mass is 1160 g/mol. The molecule has 0 unspecified atom stereocenters. The Balaban J connectivity index is 2.10. The number of hydrogen-bond donors (Lipinski definition) is 0. The summed E-state index contributed by atoms with van der Waals surface area (Å²) in [7, 11) is 3.41. The number of rotatable bonds is 55. The first kappa shape index (κ1) is 73.0. The van der Waals surface area contributed by atoms with Gasteiger partial charge in [0.1, 0.15) is 0 Å². The van der Waals surface area contributed by atoms with Gasteiger partial charge in [-0.2, -0.15) is 0 Å². The molecule has 0 spiro atoms. The van der Waals surface area contributed by atoms with Crippen LogP contribution in [0.5, 0.6) is 0 Å². The molecule has 0 aliphatic heterocycles. The van der Waals surface area contributed by atoms with E-state index in [0.29, 0.717) is 11.1 Å². The van der Waals surface area contributed by atoms with Crippen molar-refractivity contribution in [1.29, 1.82) is 0 Å². The SMILES string of the molecule is CCCCCCCCCCCCCCCCP(CCCC)(CCCC)(CCCC)OC(=O)c1ccc(SSc2ccc(C(=O)OP(CCCC)(CCCC)(CCCC)CCCCCCCCCCCCCCCC)cc2)cc1. The van der Waals surface area contributed by atoms with Crippen LogP contribution in [0.4, 0.5) is 0 Å². The number of hydrogen-bond acceptors (Lipinski definition) is 6. The molecule has 2 rings (SSSR count). The first-order valence-corrected chi connectivity index (χ1v) is 42.0. The van der Waals surface area contributed by atoms with Gasteiger partial charge in [-0.1, -0.05) is 52.4 Å². The van der Waals surface area contributed by atoms with E-state index >= 15 is 0 Å². The van der Waals surface area contributed by atoms with Gasteiger partial charge in [0.15, 0.2) is 0 Å². The molecular weight excluding hydrogens is 1030 g/mol. The first-order valence-electron chi connectivity index (χ1n) is 34.1. The zero-order valence-corrected chi connectivity index (χ0v) is 56.3. The Labute approximate surface area is 493 Å². The molecule has 0 aromatic heterocycles. The Kier molecular flexibility index (Phi) is 42.5. The average molecular weight is 1160 g/mol. The molecule has 8 heteroatoms. The molecule has 0 atom stereocenters. The van der Waals surface area contributed by atoms with Gasteiger partial charge in [-0.05, 0) is 0 Å². The molecule has 0 radical (unpaired) electrons. The maximum atomic E-state index is 14.5. The summed E-state index contributed by atoms with van der Waals surface area (Å²) in [6.45, 7) is 12.8. The molecular formula is C70H128O4P2S2. The Morgan fingerprint density at radius 2 is 0.449 bits per heavy atom. The van der Waals surface area contributed by atoms with E-state index in [9.17, 15) is 9.59 Å². The van der Waals surface area contributed by atoms with E-state index in [1.165, 1.54) is 180 Å². The molecule has 78 heavy (non-hydrogen) atoms. The predicted octanol–water partition coefficient (Wildman–Crippen LogP) is 25.5. The van der Waals surface area contributed by atoms with Gasteiger partial charge in [0.25, 0.3) is 0 Å². The van der Waals surface area contributed by atoms with Gasteiger partial charge in [0.2, 0.25) is 0 Å². The summed E-state index contributed by atoms with van der Waals surface area (Å²) in [6, 6.07) is 16.4. The van der Waals surface area contributed by atoms with Crippen molar-refractivity contribution in [2.45, 2.75) is 322 Å². The van der Waals surface area contributed by atoms with Crippen LogP contribution in [0.2, 0.25) is 0 Å².